The topological polar surface area (TPSA) is 130 Å². The van der Waals surface area contributed by atoms with Gasteiger partial charge in [-0.2, -0.15) is 0 Å². The number of benzene rings is 2. The summed E-state index contributed by atoms with van der Waals surface area (Å²) in [7, 11) is 0. The summed E-state index contributed by atoms with van der Waals surface area (Å²) in [4.78, 5) is 34.5. The lowest BCUT2D eigenvalue weighted by atomic mass is 10.1. The third-order valence-electron chi connectivity index (χ3n) is 4.39. The third kappa shape index (κ3) is 7.02. The van der Waals surface area contributed by atoms with Crippen LogP contribution in [0.3, 0.4) is 0 Å². The second-order valence-electron chi connectivity index (χ2n) is 6.81. The molecule has 176 valence electrons. The minimum absolute atomic E-state index is 0.0166. The number of esters is 1. The number of carbonyl (C=O) groups excluding carboxylic acids is 1. The van der Waals surface area contributed by atoms with E-state index in [0.717, 1.165) is 16.8 Å². The lowest BCUT2D eigenvalue weighted by molar-refractivity contribution is -0.138. The summed E-state index contributed by atoms with van der Waals surface area (Å²) in [5.74, 6) is -1.05. The zero-order chi connectivity index (χ0) is 24.3. The lowest BCUT2D eigenvalue weighted by Gasteiger charge is -2.11. The number of hydrogen-bond donors (Lipinski definition) is 1. The molecule has 34 heavy (non-hydrogen) atoms. The Morgan fingerprint density at radius 1 is 0.941 bits per heavy atom. The largest absolute Gasteiger partial charge is 0.478 e. The summed E-state index contributed by atoms with van der Waals surface area (Å²) in [6.45, 7) is 4.88. The van der Waals surface area contributed by atoms with Gasteiger partial charge in [0.15, 0.2) is 0 Å². The second-order valence-corrected chi connectivity index (χ2v) is 6.81. The average Bonchev–Trinajstić information content (AvgIpc) is 2.84. The van der Waals surface area contributed by atoms with Crippen LogP contribution in [0.1, 0.15) is 13.3 Å². The summed E-state index contributed by atoms with van der Waals surface area (Å²) in [6, 6.07) is 13.0. The first-order valence-electron chi connectivity index (χ1n) is 10.3. The number of ether oxygens (including phenoxy) is 4. The highest BCUT2D eigenvalue weighted by Gasteiger charge is 2.13. The summed E-state index contributed by atoms with van der Waals surface area (Å²) < 4.78 is 21.8. The van der Waals surface area contributed by atoms with Crippen molar-refractivity contribution in [1.82, 2.24) is 15.0 Å². The van der Waals surface area contributed by atoms with Crippen molar-refractivity contribution in [3.63, 3.8) is 0 Å². The molecule has 0 atom stereocenters. The van der Waals surface area contributed by atoms with Gasteiger partial charge in [-0.25, -0.2) is 9.59 Å². The molecule has 3 aromatic rings. The van der Waals surface area contributed by atoms with Gasteiger partial charge in [0.05, 0.1) is 6.61 Å². The molecule has 0 saturated carbocycles. The monoisotopic (exact) mass is 465 g/mol. The van der Waals surface area contributed by atoms with Crippen LogP contribution in [0.5, 0.6) is 23.8 Å². The Labute approximate surface area is 195 Å². The van der Waals surface area contributed by atoms with Crippen molar-refractivity contribution in [2.45, 2.75) is 13.3 Å². The Bertz CT molecular complexity index is 1200. The van der Waals surface area contributed by atoms with Gasteiger partial charge in [-0.3, -0.25) is 0 Å². The van der Waals surface area contributed by atoms with E-state index in [1.54, 1.807) is 6.07 Å². The van der Waals surface area contributed by atoms with Crippen LogP contribution in [0.25, 0.3) is 10.8 Å². The Morgan fingerprint density at radius 2 is 1.62 bits per heavy atom. The van der Waals surface area contributed by atoms with E-state index in [2.05, 4.69) is 21.5 Å². The molecule has 0 fully saturated rings. The van der Waals surface area contributed by atoms with E-state index >= 15 is 0 Å². The number of aliphatic carboxylic acids is 1. The van der Waals surface area contributed by atoms with E-state index in [1.807, 2.05) is 36.4 Å². The van der Waals surface area contributed by atoms with E-state index < -0.39 is 11.9 Å². The van der Waals surface area contributed by atoms with Gasteiger partial charge in [0, 0.05) is 23.5 Å². The molecule has 2 aromatic carbocycles. The summed E-state index contributed by atoms with van der Waals surface area (Å²) in [5.41, 5.74) is 0.206. The van der Waals surface area contributed by atoms with E-state index in [1.165, 1.54) is 13.0 Å². The van der Waals surface area contributed by atoms with E-state index in [0.29, 0.717) is 12.2 Å². The van der Waals surface area contributed by atoms with Crippen LogP contribution in [-0.4, -0.2) is 51.8 Å². The lowest BCUT2D eigenvalue weighted by Crippen LogP contribution is -2.12. The van der Waals surface area contributed by atoms with E-state index in [9.17, 15) is 9.59 Å². The highest BCUT2D eigenvalue weighted by Crippen LogP contribution is 2.29. The van der Waals surface area contributed by atoms with Crippen LogP contribution in [0.2, 0.25) is 0 Å². The molecule has 0 radical (unpaired) electrons. The minimum atomic E-state index is -1.00. The standard InChI is InChI=1S/C24H23N3O7/c1-3-20(28)31-14-15-33-23-25-22(32-13-7-8-16(2)21(29)30)26-24(27-23)34-19-12-6-10-17-9-4-5-11-18(17)19/h3-6,8-12H,1,7,13-15H2,2H3,(H,29,30). The maximum absolute atomic E-state index is 11.2. The number of carboxylic acid groups (broad SMARTS) is 1. The molecule has 0 aliphatic carbocycles. The normalized spacial score (nSPS) is 11.0. The van der Waals surface area contributed by atoms with E-state index in [-0.39, 0.29) is 43.4 Å². The highest BCUT2D eigenvalue weighted by molar-refractivity contribution is 5.88. The number of hydrogen-bond acceptors (Lipinski definition) is 9. The molecule has 10 heteroatoms. The number of aromatic nitrogens is 3. The maximum Gasteiger partial charge on any atom is 0.331 e. The quantitative estimate of drug-likeness (QED) is 0.240. The summed E-state index contributed by atoms with van der Waals surface area (Å²) in [5, 5.41) is 10.8. The van der Waals surface area contributed by atoms with E-state index in [4.69, 9.17) is 24.1 Å². The number of fused-ring (bicyclic) bond motifs is 1. The molecule has 0 amide bonds. The molecule has 1 heterocycles. The first-order chi connectivity index (χ1) is 16.5. The van der Waals surface area contributed by atoms with Crippen molar-refractivity contribution in [1.29, 1.82) is 0 Å². The van der Waals surface area contributed by atoms with Crippen LogP contribution in [-0.2, 0) is 14.3 Å². The fourth-order valence-electron chi connectivity index (χ4n) is 2.73. The molecule has 0 bridgehead atoms. The highest BCUT2D eigenvalue weighted by atomic mass is 16.6. The van der Waals surface area contributed by atoms with Gasteiger partial charge < -0.3 is 24.1 Å². The first kappa shape index (κ1) is 24.2. The van der Waals surface area contributed by atoms with Crippen molar-refractivity contribution in [3.05, 3.63) is 66.8 Å². The Hall–Kier alpha value is -4.47. The fourth-order valence-corrected chi connectivity index (χ4v) is 2.73. The molecule has 0 aliphatic rings. The minimum Gasteiger partial charge on any atom is -0.478 e. The molecule has 1 aromatic heterocycles. The van der Waals surface area contributed by atoms with Crippen LogP contribution < -0.4 is 14.2 Å². The summed E-state index contributed by atoms with van der Waals surface area (Å²) >= 11 is 0. The zero-order valence-electron chi connectivity index (χ0n) is 18.5. The number of carboxylic acids is 1. The van der Waals surface area contributed by atoms with Gasteiger partial charge >= 0.3 is 30.0 Å². The van der Waals surface area contributed by atoms with Gasteiger partial charge in [-0.15, -0.1) is 15.0 Å². The first-order valence-corrected chi connectivity index (χ1v) is 10.3. The molecular weight excluding hydrogens is 442 g/mol. The molecule has 10 nitrogen and oxygen atoms in total. The zero-order valence-corrected chi connectivity index (χ0v) is 18.5. The van der Waals surface area contributed by atoms with Crippen molar-refractivity contribution in [2.24, 2.45) is 0 Å². The Balaban J connectivity index is 1.76. The molecule has 3 rings (SSSR count). The van der Waals surface area contributed by atoms with Crippen molar-refractivity contribution in [2.75, 3.05) is 19.8 Å². The number of rotatable bonds is 12. The van der Waals surface area contributed by atoms with Crippen LogP contribution in [0.4, 0.5) is 0 Å². The molecule has 1 N–H and O–H groups in total. The van der Waals surface area contributed by atoms with Gasteiger partial charge in [0.2, 0.25) is 0 Å². The predicted octanol–water partition coefficient (Wildman–Crippen LogP) is 3.72. The van der Waals surface area contributed by atoms with Gasteiger partial charge in [0.1, 0.15) is 19.0 Å². The van der Waals surface area contributed by atoms with Crippen molar-refractivity contribution < 1.29 is 33.6 Å². The third-order valence-corrected chi connectivity index (χ3v) is 4.39. The predicted molar refractivity (Wildman–Crippen MR) is 122 cm³/mol. The molecular formula is C24H23N3O7. The smallest absolute Gasteiger partial charge is 0.331 e. The van der Waals surface area contributed by atoms with Crippen LogP contribution in [0.15, 0.2) is 66.8 Å². The van der Waals surface area contributed by atoms with Crippen LogP contribution in [0, 0.1) is 0 Å². The van der Waals surface area contributed by atoms with Crippen molar-refractivity contribution >= 4 is 22.7 Å². The molecule has 0 spiro atoms. The molecule has 0 saturated heterocycles. The molecule has 0 aliphatic heterocycles. The Kier molecular flexibility index (Phi) is 8.50. The second kappa shape index (κ2) is 12.0. The maximum atomic E-state index is 11.2. The fraction of sp³-hybridized carbons (Fsp3) is 0.208. The van der Waals surface area contributed by atoms with Gasteiger partial charge in [0.25, 0.3) is 0 Å². The molecule has 0 unspecified atom stereocenters. The van der Waals surface area contributed by atoms with Crippen molar-refractivity contribution in [3.8, 4) is 23.8 Å². The van der Waals surface area contributed by atoms with Gasteiger partial charge in [-0.05, 0) is 18.4 Å². The number of nitrogens with zero attached hydrogens (tertiary/aromatic N) is 3. The van der Waals surface area contributed by atoms with Crippen LogP contribution >= 0.6 is 0 Å². The average molecular weight is 465 g/mol. The van der Waals surface area contributed by atoms with Gasteiger partial charge in [-0.1, -0.05) is 49.1 Å². The number of carbonyl (C=O) groups is 2. The summed E-state index contributed by atoms with van der Waals surface area (Å²) in [6.07, 6.45) is 2.91. The Morgan fingerprint density at radius 3 is 2.35 bits per heavy atom. The SMILES string of the molecule is C=CC(=O)OCCOc1nc(OCCC=C(C)C(=O)O)nc(Oc2cccc3ccccc23)n1.